The summed E-state index contributed by atoms with van der Waals surface area (Å²) < 4.78 is 31.4. The zero-order valence-electron chi connectivity index (χ0n) is 15.3. The first-order chi connectivity index (χ1) is 12.2. The first-order valence-electron chi connectivity index (χ1n) is 8.27. The van der Waals surface area contributed by atoms with Gasteiger partial charge < -0.3 is 14.7 Å². The molecule has 1 amide bonds. The summed E-state index contributed by atoms with van der Waals surface area (Å²) in [4.78, 5) is 24.9. The molecule has 1 rings (SSSR count). The van der Waals surface area contributed by atoms with E-state index in [9.17, 15) is 18.0 Å². The molecule has 26 heavy (non-hydrogen) atoms. The predicted octanol–water partition coefficient (Wildman–Crippen LogP) is 1.18. The maximum atomic E-state index is 12.6. The standard InChI is InChI=1S/C17H26N2O6S/c1-13(2)12-19(10-8-16(20)21)17(22)14-4-6-15(7-5-14)26(23,24)18-9-11-25-3/h4-7,13,18H,8-12H2,1-3H3,(H,20,21). The highest BCUT2D eigenvalue weighted by atomic mass is 32.2. The molecule has 1 aromatic rings. The maximum Gasteiger partial charge on any atom is 0.305 e. The second-order valence-electron chi connectivity index (χ2n) is 6.20. The highest BCUT2D eigenvalue weighted by Crippen LogP contribution is 2.13. The molecule has 0 aliphatic heterocycles. The van der Waals surface area contributed by atoms with Crippen LogP contribution in [0.25, 0.3) is 0 Å². The van der Waals surface area contributed by atoms with E-state index >= 15 is 0 Å². The SMILES string of the molecule is COCCNS(=O)(=O)c1ccc(C(=O)N(CCC(=O)O)CC(C)C)cc1. The average Bonchev–Trinajstić information content (AvgIpc) is 2.58. The van der Waals surface area contributed by atoms with Crippen molar-refractivity contribution in [1.29, 1.82) is 0 Å². The van der Waals surface area contributed by atoms with Crippen LogP contribution in [0.1, 0.15) is 30.6 Å². The Balaban J connectivity index is 2.89. The van der Waals surface area contributed by atoms with E-state index in [1.165, 1.54) is 36.3 Å². The van der Waals surface area contributed by atoms with Crippen molar-refractivity contribution in [3.63, 3.8) is 0 Å². The van der Waals surface area contributed by atoms with Crippen molar-refractivity contribution in [3.05, 3.63) is 29.8 Å². The van der Waals surface area contributed by atoms with E-state index in [0.717, 1.165) is 0 Å². The molecule has 0 fully saturated rings. The minimum Gasteiger partial charge on any atom is -0.481 e. The third-order valence-electron chi connectivity index (χ3n) is 3.48. The minimum absolute atomic E-state index is 0.0473. The number of nitrogens with zero attached hydrogens (tertiary/aromatic N) is 1. The Morgan fingerprint density at radius 1 is 1.23 bits per heavy atom. The monoisotopic (exact) mass is 386 g/mol. The Kier molecular flexibility index (Phi) is 8.70. The van der Waals surface area contributed by atoms with Gasteiger partial charge in [0.1, 0.15) is 0 Å². The second kappa shape index (κ2) is 10.2. The number of nitrogens with one attached hydrogen (secondary N) is 1. The molecule has 0 aliphatic rings. The number of carboxylic acid groups (broad SMARTS) is 1. The van der Waals surface area contributed by atoms with Gasteiger partial charge in [0.25, 0.3) is 5.91 Å². The van der Waals surface area contributed by atoms with Gasteiger partial charge in [-0.2, -0.15) is 0 Å². The summed E-state index contributed by atoms with van der Waals surface area (Å²) in [6.07, 6.45) is -0.145. The van der Waals surface area contributed by atoms with Crippen LogP contribution < -0.4 is 4.72 Å². The van der Waals surface area contributed by atoms with Crippen LogP contribution in [0.4, 0.5) is 0 Å². The second-order valence-corrected chi connectivity index (χ2v) is 7.97. The lowest BCUT2D eigenvalue weighted by Gasteiger charge is -2.24. The van der Waals surface area contributed by atoms with Crippen molar-refractivity contribution in [2.75, 3.05) is 33.4 Å². The molecule has 2 N–H and O–H groups in total. The van der Waals surface area contributed by atoms with Gasteiger partial charge in [-0.15, -0.1) is 0 Å². The molecular weight excluding hydrogens is 360 g/mol. The fourth-order valence-corrected chi connectivity index (χ4v) is 3.28. The van der Waals surface area contributed by atoms with Gasteiger partial charge in [0.15, 0.2) is 0 Å². The average molecular weight is 386 g/mol. The third-order valence-corrected chi connectivity index (χ3v) is 4.96. The van der Waals surface area contributed by atoms with Crippen LogP contribution in [-0.2, 0) is 19.6 Å². The summed E-state index contributed by atoms with van der Waals surface area (Å²) in [7, 11) is -2.19. The summed E-state index contributed by atoms with van der Waals surface area (Å²) in [6, 6.07) is 5.57. The number of carboxylic acids is 1. The number of rotatable bonds is 11. The van der Waals surface area contributed by atoms with Gasteiger partial charge in [-0.3, -0.25) is 9.59 Å². The number of sulfonamides is 1. The molecule has 1 aromatic carbocycles. The summed E-state index contributed by atoms with van der Waals surface area (Å²) in [5.41, 5.74) is 0.312. The molecule has 0 spiro atoms. The smallest absolute Gasteiger partial charge is 0.305 e. The Hall–Kier alpha value is -1.97. The molecule has 0 heterocycles. The molecule has 146 valence electrons. The summed E-state index contributed by atoms with van der Waals surface area (Å²) in [6.45, 7) is 4.79. The Bertz CT molecular complexity index is 700. The Morgan fingerprint density at radius 3 is 2.35 bits per heavy atom. The van der Waals surface area contributed by atoms with E-state index in [4.69, 9.17) is 9.84 Å². The molecule has 0 aromatic heterocycles. The van der Waals surface area contributed by atoms with Gasteiger partial charge in [0, 0.05) is 32.3 Å². The van der Waals surface area contributed by atoms with Crippen molar-refractivity contribution in [3.8, 4) is 0 Å². The summed E-state index contributed by atoms with van der Waals surface area (Å²) in [5.74, 6) is -1.12. The van der Waals surface area contributed by atoms with E-state index < -0.39 is 16.0 Å². The molecule has 0 saturated heterocycles. The predicted molar refractivity (Wildman–Crippen MR) is 96.5 cm³/mol. The number of hydrogen-bond acceptors (Lipinski definition) is 5. The van der Waals surface area contributed by atoms with Crippen molar-refractivity contribution < 1.29 is 27.9 Å². The molecule has 8 nitrogen and oxygen atoms in total. The molecule has 0 atom stereocenters. The summed E-state index contributed by atoms with van der Waals surface area (Å²) >= 11 is 0. The van der Waals surface area contributed by atoms with Gasteiger partial charge >= 0.3 is 5.97 Å². The molecule has 9 heteroatoms. The number of aliphatic carboxylic acids is 1. The minimum atomic E-state index is -3.67. The van der Waals surface area contributed by atoms with E-state index in [1.54, 1.807) is 0 Å². The third kappa shape index (κ3) is 7.11. The zero-order chi connectivity index (χ0) is 19.7. The molecule has 0 saturated carbocycles. The Labute approximate surface area is 154 Å². The number of amides is 1. The van der Waals surface area contributed by atoms with Gasteiger partial charge in [-0.05, 0) is 30.2 Å². The first-order valence-corrected chi connectivity index (χ1v) is 9.75. The number of carbonyl (C=O) groups excluding carboxylic acids is 1. The lowest BCUT2D eigenvalue weighted by atomic mass is 10.1. The van der Waals surface area contributed by atoms with E-state index in [1.807, 2.05) is 13.8 Å². The summed E-state index contributed by atoms with van der Waals surface area (Å²) in [5, 5.41) is 8.84. The lowest BCUT2D eigenvalue weighted by Crippen LogP contribution is -2.36. The largest absolute Gasteiger partial charge is 0.481 e. The zero-order valence-corrected chi connectivity index (χ0v) is 16.1. The van der Waals surface area contributed by atoms with Gasteiger partial charge in [-0.1, -0.05) is 13.8 Å². The van der Waals surface area contributed by atoms with Crippen LogP contribution in [0.15, 0.2) is 29.2 Å². The molecular formula is C17H26N2O6S. The lowest BCUT2D eigenvalue weighted by molar-refractivity contribution is -0.137. The van der Waals surface area contributed by atoms with Crippen LogP contribution in [0.5, 0.6) is 0 Å². The number of ether oxygens (including phenoxy) is 1. The van der Waals surface area contributed by atoms with E-state index in [2.05, 4.69) is 4.72 Å². The van der Waals surface area contributed by atoms with E-state index in [-0.39, 0.29) is 42.8 Å². The molecule has 0 bridgehead atoms. The highest BCUT2D eigenvalue weighted by Gasteiger charge is 2.19. The molecule has 0 aliphatic carbocycles. The van der Waals surface area contributed by atoms with Crippen molar-refractivity contribution in [1.82, 2.24) is 9.62 Å². The molecule has 0 radical (unpaired) electrons. The Morgan fingerprint density at radius 2 is 1.85 bits per heavy atom. The fourth-order valence-electron chi connectivity index (χ4n) is 2.27. The molecule has 0 unspecified atom stereocenters. The topological polar surface area (TPSA) is 113 Å². The van der Waals surface area contributed by atoms with Gasteiger partial charge in [0.2, 0.25) is 10.0 Å². The number of methoxy groups -OCH3 is 1. The van der Waals surface area contributed by atoms with Crippen LogP contribution in [0, 0.1) is 5.92 Å². The number of carbonyl (C=O) groups is 2. The van der Waals surface area contributed by atoms with E-state index in [0.29, 0.717) is 12.1 Å². The number of hydrogen-bond donors (Lipinski definition) is 2. The normalized spacial score (nSPS) is 11.5. The highest BCUT2D eigenvalue weighted by molar-refractivity contribution is 7.89. The van der Waals surface area contributed by atoms with Gasteiger partial charge in [-0.25, -0.2) is 13.1 Å². The quantitative estimate of drug-likeness (QED) is 0.552. The number of benzene rings is 1. The van der Waals surface area contributed by atoms with Crippen LogP contribution in [0.2, 0.25) is 0 Å². The van der Waals surface area contributed by atoms with Crippen molar-refractivity contribution >= 4 is 21.9 Å². The van der Waals surface area contributed by atoms with Crippen LogP contribution >= 0.6 is 0 Å². The van der Waals surface area contributed by atoms with Gasteiger partial charge in [0.05, 0.1) is 17.9 Å². The van der Waals surface area contributed by atoms with Crippen molar-refractivity contribution in [2.45, 2.75) is 25.2 Å². The maximum absolute atomic E-state index is 12.6. The van der Waals surface area contributed by atoms with Crippen LogP contribution in [0.3, 0.4) is 0 Å². The van der Waals surface area contributed by atoms with Crippen molar-refractivity contribution in [2.24, 2.45) is 5.92 Å². The van der Waals surface area contributed by atoms with Crippen LogP contribution in [-0.4, -0.2) is 63.7 Å². The fraction of sp³-hybridized carbons (Fsp3) is 0.529. The first kappa shape index (κ1) is 22.1.